The van der Waals surface area contributed by atoms with Crippen LogP contribution in [0.1, 0.15) is 10.4 Å². The lowest BCUT2D eigenvalue weighted by atomic mass is 10.1. The SMILES string of the molecule is O=C(CBr)c1c(I)cccc1OC(F)(F)F. The van der Waals surface area contributed by atoms with Gasteiger partial charge in [0.1, 0.15) is 5.75 Å². The second-order valence-electron chi connectivity index (χ2n) is 2.72. The number of Topliss-reactive ketones (excluding diaryl/α,β-unsaturated/α-hetero) is 1. The van der Waals surface area contributed by atoms with E-state index in [-0.39, 0.29) is 10.9 Å². The van der Waals surface area contributed by atoms with Crippen LogP contribution in [0.2, 0.25) is 0 Å². The van der Waals surface area contributed by atoms with Crippen LogP contribution in [0, 0.1) is 3.57 Å². The molecule has 0 unspecified atom stereocenters. The topological polar surface area (TPSA) is 26.3 Å². The molecular formula is C9H5BrF3IO2. The number of hydrogen-bond donors (Lipinski definition) is 0. The lowest BCUT2D eigenvalue weighted by Crippen LogP contribution is -2.19. The maximum Gasteiger partial charge on any atom is 0.573 e. The minimum atomic E-state index is -4.80. The predicted octanol–water partition coefficient (Wildman–Crippen LogP) is 3.77. The molecule has 0 N–H and O–H groups in total. The summed E-state index contributed by atoms with van der Waals surface area (Å²) in [6.07, 6.45) is -4.80. The monoisotopic (exact) mass is 408 g/mol. The Morgan fingerprint density at radius 3 is 2.56 bits per heavy atom. The highest BCUT2D eigenvalue weighted by Crippen LogP contribution is 2.30. The van der Waals surface area contributed by atoms with Crippen LogP contribution < -0.4 is 4.74 Å². The van der Waals surface area contributed by atoms with Crippen molar-refractivity contribution in [3.05, 3.63) is 27.3 Å². The van der Waals surface area contributed by atoms with E-state index in [0.717, 1.165) is 6.07 Å². The number of carbonyl (C=O) groups excluding carboxylic acids is 1. The first kappa shape index (κ1) is 13.8. The standard InChI is InChI=1S/C9H5BrF3IO2/c10-4-6(15)8-5(14)2-1-3-7(8)16-9(11,12)13/h1-3H,4H2. The summed E-state index contributed by atoms with van der Waals surface area (Å²) in [6, 6.07) is 4.05. The fourth-order valence-corrected chi connectivity index (χ4v) is 2.11. The molecule has 0 spiro atoms. The number of rotatable bonds is 3. The fraction of sp³-hybridized carbons (Fsp3) is 0.222. The van der Waals surface area contributed by atoms with Crippen LogP contribution in [0.15, 0.2) is 18.2 Å². The number of carbonyl (C=O) groups is 1. The van der Waals surface area contributed by atoms with Gasteiger partial charge in [0.2, 0.25) is 0 Å². The Kier molecular flexibility index (Phi) is 4.60. The molecule has 0 aromatic heterocycles. The van der Waals surface area contributed by atoms with Crippen molar-refractivity contribution < 1.29 is 22.7 Å². The molecule has 16 heavy (non-hydrogen) atoms. The molecule has 0 bridgehead atoms. The summed E-state index contributed by atoms with van der Waals surface area (Å²) >= 11 is 4.70. The lowest BCUT2D eigenvalue weighted by molar-refractivity contribution is -0.274. The second kappa shape index (κ2) is 5.35. The van der Waals surface area contributed by atoms with E-state index in [0.29, 0.717) is 3.57 Å². The Morgan fingerprint density at radius 2 is 2.06 bits per heavy atom. The van der Waals surface area contributed by atoms with E-state index in [2.05, 4.69) is 20.7 Å². The van der Waals surface area contributed by atoms with E-state index in [4.69, 9.17) is 0 Å². The van der Waals surface area contributed by atoms with E-state index in [9.17, 15) is 18.0 Å². The first-order valence-electron chi connectivity index (χ1n) is 3.98. The van der Waals surface area contributed by atoms with Crippen LogP contribution in [0.25, 0.3) is 0 Å². The molecule has 0 aliphatic rings. The van der Waals surface area contributed by atoms with Gasteiger partial charge in [0.05, 0.1) is 10.9 Å². The highest BCUT2D eigenvalue weighted by atomic mass is 127. The van der Waals surface area contributed by atoms with Crippen LogP contribution >= 0.6 is 38.5 Å². The Bertz CT molecular complexity index is 406. The van der Waals surface area contributed by atoms with Gasteiger partial charge in [-0.3, -0.25) is 4.79 Å². The third-order valence-electron chi connectivity index (χ3n) is 1.60. The van der Waals surface area contributed by atoms with Gasteiger partial charge in [-0.2, -0.15) is 0 Å². The average molecular weight is 409 g/mol. The van der Waals surface area contributed by atoms with Crippen molar-refractivity contribution in [2.75, 3.05) is 5.33 Å². The van der Waals surface area contributed by atoms with Crippen molar-refractivity contribution in [2.24, 2.45) is 0 Å². The molecule has 0 aliphatic heterocycles. The number of alkyl halides is 4. The molecule has 0 aliphatic carbocycles. The quantitative estimate of drug-likeness (QED) is 0.432. The molecule has 1 aromatic carbocycles. The van der Waals surface area contributed by atoms with Gasteiger partial charge < -0.3 is 4.74 Å². The zero-order valence-electron chi connectivity index (χ0n) is 7.65. The number of halogens is 5. The molecule has 88 valence electrons. The molecule has 0 saturated carbocycles. The van der Waals surface area contributed by atoms with Crippen molar-refractivity contribution in [3.63, 3.8) is 0 Å². The molecular weight excluding hydrogens is 404 g/mol. The number of ketones is 1. The molecule has 0 heterocycles. The fourth-order valence-electron chi connectivity index (χ4n) is 1.05. The molecule has 0 amide bonds. The van der Waals surface area contributed by atoms with Crippen LogP contribution in [0.5, 0.6) is 5.75 Å². The van der Waals surface area contributed by atoms with Gasteiger partial charge in [-0.1, -0.05) is 22.0 Å². The Hall–Kier alpha value is -0.310. The summed E-state index contributed by atoms with van der Waals surface area (Å²) in [7, 11) is 0. The Labute approximate surface area is 111 Å². The average Bonchev–Trinajstić information content (AvgIpc) is 2.14. The molecule has 2 nitrogen and oxygen atoms in total. The van der Waals surface area contributed by atoms with Gasteiger partial charge >= 0.3 is 6.36 Å². The van der Waals surface area contributed by atoms with E-state index >= 15 is 0 Å². The molecule has 1 rings (SSSR count). The first-order valence-corrected chi connectivity index (χ1v) is 6.18. The van der Waals surface area contributed by atoms with Gasteiger partial charge in [-0.15, -0.1) is 13.2 Å². The van der Waals surface area contributed by atoms with Gasteiger partial charge in [0.25, 0.3) is 0 Å². The first-order chi connectivity index (χ1) is 7.35. The predicted molar refractivity (Wildman–Crippen MR) is 64.0 cm³/mol. The third kappa shape index (κ3) is 3.62. The van der Waals surface area contributed by atoms with Gasteiger partial charge in [0, 0.05) is 3.57 Å². The Morgan fingerprint density at radius 1 is 1.44 bits per heavy atom. The lowest BCUT2D eigenvalue weighted by Gasteiger charge is -2.13. The second-order valence-corrected chi connectivity index (χ2v) is 4.44. The minimum absolute atomic E-state index is 0.0543. The molecule has 0 radical (unpaired) electrons. The molecule has 0 fully saturated rings. The summed E-state index contributed by atoms with van der Waals surface area (Å²) in [5, 5.41) is -0.0543. The van der Waals surface area contributed by atoms with E-state index in [1.165, 1.54) is 6.07 Å². The summed E-state index contributed by atoms with van der Waals surface area (Å²) in [4.78, 5) is 11.4. The van der Waals surface area contributed by atoms with Crippen LogP contribution in [0.4, 0.5) is 13.2 Å². The number of hydrogen-bond acceptors (Lipinski definition) is 2. The van der Waals surface area contributed by atoms with Crippen molar-refractivity contribution in [2.45, 2.75) is 6.36 Å². The van der Waals surface area contributed by atoms with Crippen LogP contribution in [-0.2, 0) is 0 Å². The number of benzene rings is 1. The molecule has 1 aromatic rings. The summed E-state index contributed by atoms with van der Waals surface area (Å²) in [6.45, 7) is 0. The van der Waals surface area contributed by atoms with Gasteiger partial charge in [0.15, 0.2) is 5.78 Å². The van der Waals surface area contributed by atoms with Crippen molar-refractivity contribution in [3.8, 4) is 5.75 Å². The van der Waals surface area contributed by atoms with E-state index in [1.54, 1.807) is 28.7 Å². The summed E-state index contributed by atoms with van der Waals surface area (Å²) in [5.74, 6) is -0.923. The van der Waals surface area contributed by atoms with Crippen molar-refractivity contribution in [1.82, 2.24) is 0 Å². The Balaban J connectivity index is 3.18. The minimum Gasteiger partial charge on any atom is -0.405 e. The number of ether oxygens (including phenoxy) is 1. The van der Waals surface area contributed by atoms with Crippen molar-refractivity contribution in [1.29, 1.82) is 0 Å². The highest BCUT2D eigenvalue weighted by molar-refractivity contribution is 14.1. The zero-order chi connectivity index (χ0) is 12.3. The molecule has 0 saturated heterocycles. The maximum atomic E-state index is 12.1. The van der Waals surface area contributed by atoms with Gasteiger partial charge in [-0.05, 0) is 34.7 Å². The zero-order valence-corrected chi connectivity index (χ0v) is 11.4. The highest BCUT2D eigenvalue weighted by Gasteiger charge is 2.33. The van der Waals surface area contributed by atoms with E-state index < -0.39 is 17.9 Å². The van der Waals surface area contributed by atoms with Crippen LogP contribution in [-0.4, -0.2) is 17.5 Å². The summed E-state index contributed by atoms with van der Waals surface area (Å²) in [5.41, 5.74) is -0.0581. The maximum absolute atomic E-state index is 12.1. The normalized spacial score (nSPS) is 11.3. The van der Waals surface area contributed by atoms with Gasteiger partial charge in [-0.25, -0.2) is 0 Å². The molecule has 0 atom stereocenters. The largest absolute Gasteiger partial charge is 0.573 e. The summed E-state index contributed by atoms with van der Waals surface area (Å²) < 4.78 is 40.4. The molecule has 7 heteroatoms. The third-order valence-corrected chi connectivity index (χ3v) is 3.01. The van der Waals surface area contributed by atoms with Crippen LogP contribution in [0.3, 0.4) is 0 Å². The van der Waals surface area contributed by atoms with E-state index in [1.807, 2.05) is 0 Å². The van der Waals surface area contributed by atoms with Crippen molar-refractivity contribution >= 4 is 44.3 Å². The smallest absolute Gasteiger partial charge is 0.405 e.